The highest BCUT2D eigenvalue weighted by Crippen LogP contribution is 2.42. The number of rotatable bonds is 9. The minimum atomic E-state index is 0.849. The molecule has 3 heterocycles. The Bertz CT molecular complexity index is 2240. The summed E-state index contributed by atoms with van der Waals surface area (Å²) in [6, 6.07) is 25.5. The Kier molecular flexibility index (Phi) is 9.09. The van der Waals surface area contributed by atoms with Crippen molar-refractivity contribution < 1.29 is 0 Å². The van der Waals surface area contributed by atoms with Gasteiger partial charge in [-0.3, -0.25) is 9.55 Å². The van der Waals surface area contributed by atoms with E-state index in [0.717, 1.165) is 90.8 Å². The number of allylic oxidation sites excluding steroid dienone is 2. The fraction of sp³-hybridized carbons (Fsp3) is 0.140. The number of aliphatic imine (C=N–C) groups is 1. The first kappa shape index (κ1) is 31.2. The van der Waals surface area contributed by atoms with Crippen LogP contribution in [-0.4, -0.2) is 20.7 Å². The van der Waals surface area contributed by atoms with Gasteiger partial charge in [-0.2, -0.15) is 0 Å². The van der Waals surface area contributed by atoms with Gasteiger partial charge in [0.1, 0.15) is 11.5 Å². The number of pyridine rings is 2. The van der Waals surface area contributed by atoms with E-state index in [-0.39, 0.29) is 0 Å². The second kappa shape index (κ2) is 13.7. The van der Waals surface area contributed by atoms with Crippen molar-refractivity contribution in [1.29, 1.82) is 0 Å². The minimum absolute atomic E-state index is 0.849. The predicted molar refractivity (Wildman–Crippen MR) is 202 cm³/mol. The number of fused-ring (bicyclic) bond motifs is 3. The van der Waals surface area contributed by atoms with Crippen molar-refractivity contribution >= 4 is 46.1 Å². The summed E-state index contributed by atoms with van der Waals surface area (Å²) in [6.45, 7) is 12.4. The highest BCUT2D eigenvalue weighted by molar-refractivity contribution is 6.10. The van der Waals surface area contributed by atoms with Gasteiger partial charge < -0.3 is 0 Å². The number of terminal acetylenes is 1. The van der Waals surface area contributed by atoms with Crippen LogP contribution < -0.4 is 0 Å². The van der Waals surface area contributed by atoms with Crippen molar-refractivity contribution in [2.24, 2.45) is 4.99 Å². The van der Waals surface area contributed by atoms with E-state index in [1.54, 1.807) is 0 Å². The molecule has 4 heteroatoms. The van der Waals surface area contributed by atoms with Crippen molar-refractivity contribution in [2.45, 2.75) is 40.5 Å². The van der Waals surface area contributed by atoms with Gasteiger partial charge in [0.25, 0.3) is 0 Å². The van der Waals surface area contributed by atoms with Gasteiger partial charge in [-0.1, -0.05) is 80.5 Å². The van der Waals surface area contributed by atoms with Gasteiger partial charge in [0.05, 0.1) is 11.2 Å². The van der Waals surface area contributed by atoms with Crippen LogP contribution in [0, 0.1) is 12.3 Å². The van der Waals surface area contributed by atoms with Crippen LogP contribution in [0.1, 0.15) is 56.4 Å². The lowest BCUT2D eigenvalue weighted by Crippen LogP contribution is -2.05. The second-order valence-electron chi connectivity index (χ2n) is 11.3. The number of nitrogens with zero attached hydrogens (tertiary/aromatic N) is 4. The molecule has 0 bridgehead atoms. The smallest absolute Gasteiger partial charge is 0.146 e. The number of hydrogen-bond donors (Lipinski definition) is 0. The second-order valence-corrected chi connectivity index (χ2v) is 11.3. The first-order valence-corrected chi connectivity index (χ1v) is 16.1. The topological polar surface area (TPSA) is 43.1 Å². The Morgan fingerprint density at radius 2 is 1.64 bits per heavy atom. The van der Waals surface area contributed by atoms with Gasteiger partial charge in [-0.25, -0.2) is 9.98 Å². The molecule has 0 spiro atoms. The maximum atomic E-state index is 6.30. The lowest BCUT2D eigenvalue weighted by molar-refractivity contribution is 0.920. The summed E-state index contributed by atoms with van der Waals surface area (Å²) in [5, 5.41) is 2.24. The molecule has 3 aromatic carbocycles. The van der Waals surface area contributed by atoms with Crippen LogP contribution in [0.15, 0.2) is 109 Å². The Labute approximate surface area is 277 Å². The molecule has 0 aliphatic carbocycles. The predicted octanol–water partition coefficient (Wildman–Crippen LogP) is 11.1. The highest BCUT2D eigenvalue weighted by Gasteiger charge is 2.23. The van der Waals surface area contributed by atoms with Crippen LogP contribution >= 0.6 is 0 Å². The average Bonchev–Trinajstić information content (AvgIpc) is 3.44. The van der Waals surface area contributed by atoms with E-state index in [9.17, 15) is 0 Å². The van der Waals surface area contributed by atoms with Crippen LogP contribution in [0.4, 0.5) is 0 Å². The summed E-state index contributed by atoms with van der Waals surface area (Å²) >= 11 is 0. The first-order chi connectivity index (χ1) is 23.1. The average molecular weight is 611 g/mol. The zero-order valence-corrected chi connectivity index (χ0v) is 27.5. The van der Waals surface area contributed by atoms with Crippen LogP contribution in [0.2, 0.25) is 0 Å². The molecule has 0 atom stereocenters. The number of benzene rings is 3. The molecule has 0 unspecified atom stereocenters. The fourth-order valence-corrected chi connectivity index (χ4v) is 6.64. The van der Waals surface area contributed by atoms with Crippen molar-refractivity contribution in [3.8, 4) is 45.9 Å². The molecular weight excluding hydrogens is 573 g/mol. The summed E-state index contributed by atoms with van der Waals surface area (Å²) in [5.41, 5.74) is 12.5. The molecule has 6 rings (SSSR count). The van der Waals surface area contributed by atoms with Crippen molar-refractivity contribution in [1.82, 2.24) is 14.5 Å². The maximum absolute atomic E-state index is 6.30. The van der Waals surface area contributed by atoms with E-state index in [1.165, 1.54) is 5.56 Å². The first-order valence-electron chi connectivity index (χ1n) is 16.1. The lowest BCUT2D eigenvalue weighted by atomic mass is 9.80. The molecule has 0 amide bonds. The van der Waals surface area contributed by atoms with Gasteiger partial charge in [0, 0.05) is 40.5 Å². The molecule has 0 aliphatic rings. The highest BCUT2D eigenvalue weighted by atomic mass is 15.1. The van der Waals surface area contributed by atoms with Gasteiger partial charge >= 0.3 is 0 Å². The van der Waals surface area contributed by atoms with Crippen LogP contribution in [0.25, 0.3) is 73.4 Å². The Hall–Kier alpha value is -5.79. The third-order valence-electron chi connectivity index (χ3n) is 8.57. The molecule has 0 saturated heterocycles. The zero-order chi connectivity index (χ0) is 32.9. The van der Waals surface area contributed by atoms with E-state index in [0.29, 0.717) is 0 Å². The van der Waals surface area contributed by atoms with E-state index >= 15 is 0 Å². The minimum Gasteiger partial charge on any atom is -0.278 e. The molecule has 0 N–H and O–H groups in total. The SMILES string of the molecule is C#Cc1c(CCC)c(-c2ccc(-c3ccc4c(c3)c3cccnc3n4C(=C/C)/N=C\C)cc2)c(/C=C\C)c(C=C)c1-c1ccccn1. The molecule has 0 radical (unpaired) electrons. The molecule has 0 fully saturated rings. The molecular formula is C43H38N4. The number of hydrogen-bond acceptors (Lipinski definition) is 3. The summed E-state index contributed by atoms with van der Waals surface area (Å²) in [5.74, 6) is 3.91. The molecule has 4 nitrogen and oxygen atoms in total. The van der Waals surface area contributed by atoms with Crippen molar-refractivity contribution in [2.75, 3.05) is 0 Å². The van der Waals surface area contributed by atoms with Gasteiger partial charge in [-0.05, 0) is 109 Å². The lowest BCUT2D eigenvalue weighted by Gasteiger charge is -2.23. The molecule has 3 aromatic heterocycles. The van der Waals surface area contributed by atoms with Gasteiger partial charge in [0.15, 0.2) is 0 Å². The Balaban J connectivity index is 1.53. The monoisotopic (exact) mass is 610 g/mol. The fourth-order valence-electron chi connectivity index (χ4n) is 6.64. The zero-order valence-electron chi connectivity index (χ0n) is 27.5. The van der Waals surface area contributed by atoms with Crippen molar-refractivity contribution in [3.05, 3.63) is 126 Å². The summed E-state index contributed by atoms with van der Waals surface area (Å²) in [4.78, 5) is 14.1. The molecule has 230 valence electrons. The van der Waals surface area contributed by atoms with E-state index in [1.807, 2.05) is 75.8 Å². The van der Waals surface area contributed by atoms with Gasteiger partial charge in [0.2, 0.25) is 0 Å². The standard InChI is InChI=1S/C43H38N4/c1-7-16-34-32(9-3)42(38-19-13-14-26-45-38)33(10-4)35(17-8-2)41(34)30-22-20-29(21-23-30)31-24-25-39-37(28-31)36-18-15-27-46-43(36)47(39)40(11-5)44-12-6/h3,8,10-15,17-28H,4,7,16H2,1-2,5-6H3/b17-8-,40-11+,44-12-. The van der Waals surface area contributed by atoms with Gasteiger partial charge in [-0.15, -0.1) is 6.42 Å². The Morgan fingerprint density at radius 3 is 2.30 bits per heavy atom. The molecule has 0 aliphatic heterocycles. The van der Waals surface area contributed by atoms with E-state index in [2.05, 4.69) is 89.7 Å². The largest absolute Gasteiger partial charge is 0.278 e. The van der Waals surface area contributed by atoms with Crippen LogP contribution in [-0.2, 0) is 6.42 Å². The quantitative estimate of drug-likeness (QED) is 0.121. The molecule has 0 saturated carbocycles. The summed E-state index contributed by atoms with van der Waals surface area (Å²) in [6.07, 6.45) is 21.8. The van der Waals surface area contributed by atoms with E-state index in [4.69, 9.17) is 16.4 Å². The summed E-state index contributed by atoms with van der Waals surface area (Å²) in [7, 11) is 0. The Morgan fingerprint density at radius 1 is 0.872 bits per heavy atom. The van der Waals surface area contributed by atoms with Crippen LogP contribution in [0.5, 0.6) is 0 Å². The number of aromatic nitrogens is 3. The molecule has 47 heavy (non-hydrogen) atoms. The van der Waals surface area contributed by atoms with Crippen LogP contribution in [0.3, 0.4) is 0 Å². The van der Waals surface area contributed by atoms with Crippen molar-refractivity contribution in [3.63, 3.8) is 0 Å². The third-order valence-corrected chi connectivity index (χ3v) is 8.57. The molecule has 6 aromatic rings. The third kappa shape index (κ3) is 5.51. The summed E-state index contributed by atoms with van der Waals surface area (Å²) < 4.78 is 2.13. The van der Waals surface area contributed by atoms with E-state index < -0.39 is 0 Å². The normalized spacial score (nSPS) is 12.0. The maximum Gasteiger partial charge on any atom is 0.146 e.